The first kappa shape index (κ1) is 28.8. The lowest BCUT2D eigenvalue weighted by Gasteiger charge is -2.37. The summed E-state index contributed by atoms with van der Waals surface area (Å²) in [6.45, 7) is 10.9. The molecule has 1 unspecified atom stereocenters. The van der Waals surface area contributed by atoms with E-state index in [1.165, 1.54) is 36.5 Å². The van der Waals surface area contributed by atoms with E-state index in [-0.39, 0.29) is 31.3 Å². The summed E-state index contributed by atoms with van der Waals surface area (Å²) in [5.41, 5.74) is 5.33. The standard InChI is InChI=1S/C32H42O5/c1-24(16-17-28-26(3)13-10-18-31(28,4)5)11-9-12-25(2)19-30(34)35-22-32(21-33)20-29(37-36-23-32)27-14-7-6-8-15-27/h6-9,11-12,14-17,19,29,33H,10,13,18,20-23H2,1-5H3/b12-9?,17-16?,24-11?,25-19+/t29?,32-/m1/s1. The third kappa shape index (κ3) is 8.39. The first-order chi connectivity index (χ1) is 17.6. The van der Waals surface area contributed by atoms with Gasteiger partial charge in [-0.1, -0.05) is 85.7 Å². The van der Waals surface area contributed by atoms with Crippen molar-refractivity contribution in [3.8, 4) is 0 Å². The van der Waals surface area contributed by atoms with E-state index < -0.39 is 11.4 Å². The second kappa shape index (κ2) is 13.2. The molecule has 1 fully saturated rings. The van der Waals surface area contributed by atoms with Crippen molar-refractivity contribution in [1.29, 1.82) is 0 Å². The zero-order chi connectivity index (χ0) is 26.9. The second-order valence-electron chi connectivity index (χ2n) is 11.2. The van der Waals surface area contributed by atoms with Crippen LogP contribution in [0.25, 0.3) is 0 Å². The normalized spacial score (nSPS) is 25.2. The molecule has 1 aromatic carbocycles. The van der Waals surface area contributed by atoms with Crippen LogP contribution in [0.3, 0.4) is 0 Å². The number of allylic oxidation sites excluding steroid dienone is 9. The van der Waals surface area contributed by atoms with Gasteiger partial charge < -0.3 is 9.84 Å². The molecule has 1 saturated heterocycles. The van der Waals surface area contributed by atoms with Gasteiger partial charge in [-0.15, -0.1) is 0 Å². The lowest BCUT2D eigenvalue weighted by atomic mass is 9.72. The molecule has 3 rings (SSSR count). The number of rotatable bonds is 9. The van der Waals surface area contributed by atoms with E-state index in [1.54, 1.807) is 0 Å². The van der Waals surface area contributed by atoms with Gasteiger partial charge in [0.15, 0.2) is 0 Å². The van der Waals surface area contributed by atoms with Gasteiger partial charge in [-0.2, -0.15) is 0 Å². The van der Waals surface area contributed by atoms with Crippen molar-refractivity contribution in [3.05, 3.63) is 94.6 Å². The highest BCUT2D eigenvalue weighted by Crippen LogP contribution is 2.41. The highest BCUT2D eigenvalue weighted by molar-refractivity contribution is 5.83. The van der Waals surface area contributed by atoms with E-state index in [4.69, 9.17) is 14.5 Å². The number of hydrogen-bond donors (Lipinski definition) is 1. The molecule has 0 bridgehead atoms. The molecule has 0 aromatic heterocycles. The Kier molecular flexibility index (Phi) is 10.3. The van der Waals surface area contributed by atoms with Gasteiger partial charge in [0.2, 0.25) is 0 Å². The quantitative estimate of drug-likeness (QED) is 0.167. The van der Waals surface area contributed by atoms with Gasteiger partial charge >= 0.3 is 5.97 Å². The predicted octanol–water partition coefficient (Wildman–Crippen LogP) is 7.13. The third-order valence-electron chi connectivity index (χ3n) is 7.31. The van der Waals surface area contributed by atoms with Gasteiger partial charge in [0, 0.05) is 6.08 Å². The maximum Gasteiger partial charge on any atom is 0.331 e. The van der Waals surface area contributed by atoms with Crippen molar-refractivity contribution in [2.45, 2.75) is 66.4 Å². The largest absolute Gasteiger partial charge is 0.462 e. The van der Waals surface area contributed by atoms with Crippen LogP contribution in [0.15, 0.2) is 89.1 Å². The molecule has 0 spiro atoms. The zero-order valence-electron chi connectivity index (χ0n) is 23.0. The van der Waals surface area contributed by atoms with Crippen molar-refractivity contribution >= 4 is 5.97 Å². The topological polar surface area (TPSA) is 65.0 Å². The van der Waals surface area contributed by atoms with Crippen molar-refractivity contribution in [2.75, 3.05) is 19.8 Å². The average molecular weight is 507 g/mol. The Morgan fingerprint density at radius 2 is 1.92 bits per heavy atom. The molecule has 1 aromatic rings. The molecule has 200 valence electrons. The van der Waals surface area contributed by atoms with E-state index in [0.717, 1.165) is 16.7 Å². The summed E-state index contributed by atoms with van der Waals surface area (Å²) in [5, 5.41) is 10.1. The number of carbonyl (C=O) groups excluding carboxylic acids is 1. The van der Waals surface area contributed by atoms with E-state index in [0.29, 0.717) is 6.42 Å². The van der Waals surface area contributed by atoms with E-state index in [1.807, 2.05) is 55.5 Å². The minimum Gasteiger partial charge on any atom is -0.462 e. The van der Waals surface area contributed by atoms with Crippen molar-refractivity contribution in [2.24, 2.45) is 10.8 Å². The smallest absolute Gasteiger partial charge is 0.331 e. The van der Waals surface area contributed by atoms with Gasteiger partial charge in [0.1, 0.15) is 12.7 Å². The average Bonchev–Trinajstić information content (AvgIpc) is 2.87. The van der Waals surface area contributed by atoms with Gasteiger partial charge in [-0.05, 0) is 68.6 Å². The Morgan fingerprint density at radius 3 is 2.62 bits per heavy atom. The molecule has 5 nitrogen and oxygen atoms in total. The highest BCUT2D eigenvalue weighted by Gasteiger charge is 2.40. The van der Waals surface area contributed by atoms with Crippen LogP contribution in [-0.2, 0) is 19.3 Å². The SMILES string of the molecule is CC(C=CC1=C(C)CCCC1(C)C)=CC=C/C(C)=C/C(=O)OC[C@@]1(CO)COOC(c2ccccc2)C1. The molecule has 0 saturated carbocycles. The zero-order valence-corrected chi connectivity index (χ0v) is 23.0. The Balaban J connectivity index is 1.54. The summed E-state index contributed by atoms with van der Waals surface area (Å²) < 4.78 is 5.52. The fourth-order valence-corrected chi connectivity index (χ4v) is 4.96. The first-order valence-corrected chi connectivity index (χ1v) is 13.2. The summed E-state index contributed by atoms with van der Waals surface area (Å²) in [6, 6.07) is 9.69. The second-order valence-corrected chi connectivity index (χ2v) is 11.2. The molecular formula is C32H42O5. The van der Waals surface area contributed by atoms with Crippen molar-refractivity contribution in [3.63, 3.8) is 0 Å². The molecule has 2 aliphatic rings. The number of esters is 1. The summed E-state index contributed by atoms with van der Waals surface area (Å²) in [6.07, 6.45) is 15.6. The molecular weight excluding hydrogens is 464 g/mol. The van der Waals surface area contributed by atoms with Crippen LogP contribution in [0.5, 0.6) is 0 Å². The Labute approximate surface area is 222 Å². The van der Waals surface area contributed by atoms with Crippen LogP contribution in [0.4, 0.5) is 0 Å². The molecule has 1 N–H and O–H groups in total. The Hall–Kier alpha value is -2.73. The van der Waals surface area contributed by atoms with Crippen LogP contribution in [0, 0.1) is 10.8 Å². The van der Waals surface area contributed by atoms with Crippen LogP contribution < -0.4 is 0 Å². The van der Waals surface area contributed by atoms with Crippen LogP contribution in [-0.4, -0.2) is 30.9 Å². The molecule has 1 heterocycles. The van der Waals surface area contributed by atoms with Crippen LogP contribution in [0.1, 0.15) is 72.0 Å². The van der Waals surface area contributed by atoms with Gasteiger partial charge in [0.05, 0.1) is 18.6 Å². The minimum atomic E-state index is -0.709. The molecule has 2 atom stereocenters. The lowest BCUT2D eigenvalue weighted by Crippen LogP contribution is -2.42. The number of aliphatic hydroxyl groups is 1. The molecule has 37 heavy (non-hydrogen) atoms. The van der Waals surface area contributed by atoms with E-state index in [9.17, 15) is 9.90 Å². The van der Waals surface area contributed by atoms with Crippen molar-refractivity contribution < 1.29 is 24.4 Å². The van der Waals surface area contributed by atoms with Gasteiger partial charge in [-0.3, -0.25) is 0 Å². The number of benzene rings is 1. The molecule has 1 aliphatic carbocycles. The van der Waals surface area contributed by atoms with Crippen LogP contribution in [0.2, 0.25) is 0 Å². The number of carbonyl (C=O) groups is 1. The predicted molar refractivity (Wildman–Crippen MR) is 147 cm³/mol. The highest BCUT2D eigenvalue weighted by atomic mass is 17.2. The molecule has 1 aliphatic heterocycles. The number of aliphatic hydroxyl groups excluding tert-OH is 1. The fourth-order valence-electron chi connectivity index (χ4n) is 4.96. The molecule has 0 radical (unpaired) electrons. The van der Waals surface area contributed by atoms with Crippen molar-refractivity contribution in [1.82, 2.24) is 0 Å². The number of ether oxygens (including phenoxy) is 1. The maximum absolute atomic E-state index is 12.5. The minimum absolute atomic E-state index is 0.0535. The van der Waals surface area contributed by atoms with E-state index in [2.05, 4.69) is 39.8 Å². The summed E-state index contributed by atoms with van der Waals surface area (Å²) in [7, 11) is 0. The third-order valence-corrected chi connectivity index (χ3v) is 7.31. The van der Waals surface area contributed by atoms with Gasteiger partial charge in [-0.25, -0.2) is 14.6 Å². The maximum atomic E-state index is 12.5. The van der Waals surface area contributed by atoms with E-state index >= 15 is 0 Å². The lowest BCUT2D eigenvalue weighted by molar-refractivity contribution is -0.378. The summed E-state index contributed by atoms with van der Waals surface area (Å²) in [4.78, 5) is 23.2. The first-order valence-electron chi connectivity index (χ1n) is 13.2. The summed E-state index contributed by atoms with van der Waals surface area (Å²) in [5.74, 6) is -0.444. The number of hydrogen-bond acceptors (Lipinski definition) is 5. The monoisotopic (exact) mass is 506 g/mol. The fraction of sp³-hybridized carbons (Fsp3) is 0.469. The van der Waals surface area contributed by atoms with Crippen LogP contribution >= 0.6 is 0 Å². The Morgan fingerprint density at radius 1 is 1.16 bits per heavy atom. The molecule has 0 amide bonds. The summed E-state index contributed by atoms with van der Waals surface area (Å²) >= 11 is 0. The molecule has 5 heteroatoms. The Bertz CT molecular complexity index is 1070. The van der Waals surface area contributed by atoms with Gasteiger partial charge in [0.25, 0.3) is 0 Å².